The lowest BCUT2D eigenvalue weighted by molar-refractivity contribution is -0.0520. The summed E-state index contributed by atoms with van der Waals surface area (Å²) in [6, 6.07) is 5.54. The summed E-state index contributed by atoms with van der Waals surface area (Å²) in [5.74, 6) is 1.02. The summed E-state index contributed by atoms with van der Waals surface area (Å²) in [6.07, 6.45) is 2.25. The van der Waals surface area contributed by atoms with Gasteiger partial charge in [-0.05, 0) is 25.8 Å². The van der Waals surface area contributed by atoms with E-state index in [2.05, 4.69) is 20.4 Å². The Hall–Kier alpha value is -1.32. The Bertz CT molecular complexity index is 525. The van der Waals surface area contributed by atoms with Crippen LogP contribution in [0.1, 0.15) is 25.3 Å². The normalized spacial score (nSPS) is 14.2. The Kier molecular flexibility index (Phi) is 8.35. The summed E-state index contributed by atoms with van der Waals surface area (Å²) in [6.45, 7) is -0.417. The second-order valence-electron chi connectivity index (χ2n) is 4.90. The van der Waals surface area contributed by atoms with Crippen LogP contribution in [-0.2, 0) is 6.54 Å². The van der Waals surface area contributed by atoms with Crippen molar-refractivity contribution in [3.8, 4) is 11.5 Å². The Morgan fingerprint density at radius 2 is 2.13 bits per heavy atom. The van der Waals surface area contributed by atoms with Gasteiger partial charge in [-0.25, -0.2) is 0 Å². The Morgan fingerprint density at radius 3 is 2.70 bits per heavy atom. The lowest BCUT2D eigenvalue weighted by atomic mass is 10.2. The molecule has 1 aliphatic rings. The van der Waals surface area contributed by atoms with Gasteiger partial charge in [-0.3, -0.25) is 4.99 Å². The molecular formula is C15H22F2IN3O2. The molecule has 0 amide bonds. The van der Waals surface area contributed by atoms with E-state index in [1.54, 1.807) is 32.2 Å². The molecule has 8 heteroatoms. The van der Waals surface area contributed by atoms with Crippen molar-refractivity contribution in [2.45, 2.75) is 39.0 Å². The smallest absolute Gasteiger partial charge is 0.387 e. The standard InChI is InChI=1S/C15H21F2N3O2.HI/c1-3-21-12-6-4-5-10(13(12)22-14(16)17)9-19-15(18-2)20-11-7-8-11;/h4-6,11,14H,3,7-9H2,1-2H3,(H2,18,19,20);1H. The highest BCUT2D eigenvalue weighted by atomic mass is 127. The summed E-state index contributed by atoms with van der Waals surface area (Å²) < 4.78 is 35.2. The van der Waals surface area contributed by atoms with E-state index in [1.165, 1.54) is 0 Å². The fraction of sp³-hybridized carbons (Fsp3) is 0.533. The molecule has 5 nitrogen and oxygen atoms in total. The van der Waals surface area contributed by atoms with Gasteiger partial charge in [-0.2, -0.15) is 8.78 Å². The molecule has 0 heterocycles. The van der Waals surface area contributed by atoms with Crippen LogP contribution in [0.25, 0.3) is 0 Å². The third-order valence-electron chi connectivity index (χ3n) is 3.16. The second kappa shape index (κ2) is 9.74. The summed E-state index contributed by atoms with van der Waals surface area (Å²) >= 11 is 0. The number of aliphatic imine (C=N–C) groups is 1. The van der Waals surface area contributed by atoms with Crippen LogP contribution >= 0.6 is 24.0 Å². The quantitative estimate of drug-likeness (QED) is 0.388. The van der Waals surface area contributed by atoms with Crippen LogP contribution in [-0.4, -0.2) is 32.3 Å². The molecule has 0 spiro atoms. The number of ether oxygens (including phenoxy) is 2. The Labute approximate surface area is 151 Å². The molecule has 1 saturated carbocycles. The Morgan fingerprint density at radius 1 is 1.39 bits per heavy atom. The minimum absolute atomic E-state index is 0. The van der Waals surface area contributed by atoms with Crippen LogP contribution in [0, 0.1) is 0 Å². The maximum absolute atomic E-state index is 12.6. The number of hydrogen-bond donors (Lipinski definition) is 2. The lowest BCUT2D eigenvalue weighted by Gasteiger charge is -2.17. The first kappa shape index (κ1) is 19.7. The van der Waals surface area contributed by atoms with E-state index < -0.39 is 6.61 Å². The maximum atomic E-state index is 12.6. The zero-order valence-corrected chi connectivity index (χ0v) is 15.5. The molecule has 130 valence electrons. The highest BCUT2D eigenvalue weighted by Gasteiger charge is 2.22. The van der Waals surface area contributed by atoms with Gasteiger partial charge in [0.25, 0.3) is 0 Å². The second-order valence-corrected chi connectivity index (χ2v) is 4.90. The molecule has 23 heavy (non-hydrogen) atoms. The zero-order chi connectivity index (χ0) is 15.9. The van der Waals surface area contributed by atoms with Gasteiger partial charge in [0.05, 0.1) is 6.61 Å². The van der Waals surface area contributed by atoms with Crippen LogP contribution in [0.4, 0.5) is 8.78 Å². The number of guanidine groups is 1. The van der Waals surface area contributed by atoms with Gasteiger partial charge < -0.3 is 20.1 Å². The number of alkyl halides is 2. The first-order valence-electron chi connectivity index (χ1n) is 7.30. The van der Waals surface area contributed by atoms with Crippen molar-refractivity contribution in [2.24, 2.45) is 4.99 Å². The average molecular weight is 441 g/mol. The zero-order valence-electron chi connectivity index (χ0n) is 13.1. The molecule has 1 aromatic rings. The van der Waals surface area contributed by atoms with Gasteiger partial charge in [-0.15, -0.1) is 24.0 Å². The van der Waals surface area contributed by atoms with Gasteiger partial charge in [-0.1, -0.05) is 12.1 Å². The highest BCUT2D eigenvalue weighted by Crippen LogP contribution is 2.32. The van der Waals surface area contributed by atoms with E-state index in [0.29, 0.717) is 36.5 Å². The van der Waals surface area contributed by atoms with Gasteiger partial charge in [0.1, 0.15) is 0 Å². The van der Waals surface area contributed by atoms with Gasteiger partial charge >= 0.3 is 6.61 Å². The largest absolute Gasteiger partial charge is 0.490 e. The molecule has 0 bridgehead atoms. The highest BCUT2D eigenvalue weighted by molar-refractivity contribution is 14.0. The minimum Gasteiger partial charge on any atom is -0.490 e. The van der Waals surface area contributed by atoms with Crippen LogP contribution in [0.3, 0.4) is 0 Å². The van der Waals surface area contributed by atoms with E-state index in [1.807, 2.05) is 0 Å². The molecule has 0 aliphatic heterocycles. The number of nitrogens with one attached hydrogen (secondary N) is 2. The summed E-state index contributed by atoms with van der Waals surface area (Å²) in [5, 5.41) is 6.33. The third-order valence-corrected chi connectivity index (χ3v) is 3.16. The molecule has 2 N–H and O–H groups in total. The van der Waals surface area contributed by atoms with Gasteiger partial charge in [0, 0.05) is 25.2 Å². The molecule has 1 aliphatic carbocycles. The van der Waals surface area contributed by atoms with Crippen molar-refractivity contribution in [2.75, 3.05) is 13.7 Å². The van der Waals surface area contributed by atoms with Crippen LogP contribution in [0.5, 0.6) is 11.5 Å². The number of nitrogens with zero attached hydrogens (tertiary/aromatic N) is 1. The summed E-state index contributed by atoms with van der Waals surface area (Å²) in [4.78, 5) is 4.11. The number of hydrogen-bond acceptors (Lipinski definition) is 3. The molecule has 0 radical (unpaired) electrons. The van der Waals surface area contributed by atoms with Crippen molar-refractivity contribution in [3.63, 3.8) is 0 Å². The van der Waals surface area contributed by atoms with Crippen molar-refractivity contribution in [1.29, 1.82) is 0 Å². The van der Waals surface area contributed by atoms with E-state index in [0.717, 1.165) is 12.8 Å². The van der Waals surface area contributed by atoms with Crippen LogP contribution < -0.4 is 20.1 Å². The van der Waals surface area contributed by atoms with E-state index in [9.17, 15) is 8.78 Å². The van der Waals surface area contributed by atoms with E-state index in [-0.39, 0.29) is 29.7 Å². The molecule has 0 unspecified atom stereocenters. The number of benzene rings is 1. The molecule has 1 fully saturated rings. The molecule has 1 aromatic carbocycles. The fourth-order valence-electron chi connectivity index (χ4n) is 1.99. The van der Waals surface area contributed by atoms with Gasteiger partial charge in [0.15, 0.2) is 17.5 Å². The summed E-state index contributed by atoms with van der Waals surface area (Å²) in [7, 11) is 1.67. The Balaban J connectivity index is 0.00000264. The van der Waals surface area contributed by atoms with Crippen molar-refractivity contribution < 1.29 is 18.3 Å². The maximum Gasteiger partial charge on any atom is 0.387 e. The number of para-hydroxylation sites is 1. The summed E-state index contributed by atoms with van der Waals surface area (Å²) in [5.41, 5.74) is 0.588. The molecule has 0 saturated heterocycles. The first-order valence-corrected chi connectivity index (χ1v) is 7.30. The SMILES string of the molecule is CCOc1cccc(CNC(=NC)NC2CC2)c1OC(F)F.I. The van der Waals surface area contributed by atoms with E-state index >= 15 is 0 Å². The minimum atomic E-state index is -2.90. The van der Waals surface area contributed by atoms with Crippen molar-refractivity contribution >= 4 is 29.9 Å². The predicted octanol–water partition coefficient (Wildman–Crippen LogP) is 3.13. The monoisotopic (exact) mass is 441 g/mol. The predicted molar refractivity (Wildman–Crippen MR) is 96.0 cm³/mol. The van der Waals surface area contributed by atoms with Crippen molar-refractivity contribution in [3.05, 3.63) is 23.8 Å². The molecular weight excluding hydrogens is 419 g/mol. The molecule has 2 rings (SSSR count). The lowest BCUT2D eigenvalue weighted by Crippen LogP contribution is -2.38. The first-order chi connectivity index (χ1) is 10.6. The third kappa shape index (κ3) is 6.36. The molecule has 0 aromatic heterocycles. The van der Waals surface area contributed by atoms with Crippen molar-refractivity contribution in [1.82, 2.24) is 10.6 Å². The molecule has 0 atom stereocenters. The number of rotatable bonds is 7. The average Bonchev–Trinajstić information content (AvgIpc) is 3.30. The van der Waals surface area contributed by atoms with Crippen LogP contribution in [0.2, 0.25) is 0 Å². The van der Waals surface area contributed by atoms with E-state index in [4.69, 9.17) is 4.74 Å². The van der Waals surface area contributed by atoms with Crippen LogP contribution in [0.15, 0.2) is 23.2 Å². The number of halogens is 3. The fourth-order valence-corrected chi connectivity index (χ4v) is 1.99. The van der Waals surface area contributed by atoms with Gasteiger partial charge in [0.2, 0.25) is 0 Å². The topological polar surface area (TPSA) is 54.9 Å².